The molecule has 0 aliphatic rings. The number of anilines is 1. The molecule has 0 fully saturated rings. The molecule has 0 saturated heterocycles. The molecular formula is C12H10NO4-. The molecule has 1 aromatic rings. The minimum absolute atomic E-state index is 0.0697. The van der Waals surface area contributed by atoms with Gasteiger partial charge in [0.15, 0.2) is 5.78 Å². The largest absolute Gasteiger partial charge is 0.545 e. The van der Waals surface area contributed by atoms with Crippen molar-refractivity contribution in [2.45, 2.75) is 6.92 Å². The first kappa shape index (κ1) is 12.6. The van der Waals surface area contributed by atoms with Crippen molar-refractivity contribution in [3.8, 4) is 0 Å². The number of rotatable bonds is 4. The molecule has 1 rings (SSSR count). The molecule has 1 N–H and O–H groups in total. The van der Waals surface area contributed by atoms with E-state index >= 15 is 0 Å². The molecule has 88 valence electrons. The predicted molar refractivity (Wildman–Crippen MR) is 59.2 cm³/mol. The number of carboxylic acid groups (broad SMARTS) is 1. The van der Waals surface area contributed by atoms with Gasteiger partial charge in [-0.2, -0.15) is 0 Å². The highest BCUT2D eigenvalue weighted by Gasteiger charge is 2.00. The van der Waals surface area contributed by atoms with Gasteiger partial charge in [-0.3, -0.25) is 9.59 Å². The molecule has 0 radical (unpaired) electrons. The number of carboxylic acids is 1. The first-order chi connectivity index (χ1) is 7.99. The van der Waals surface area contributed by atoms with Crippen molar-refractivity contribution in [3.63, 3.8) is 0 Å². The minimum atomic E-state index is -1.44. The summed E-state index contributed by atoms with van der Waals surface area (Å²) in [6.07, 6.45) is 1.49. The predicted octanol–water partition coefficient (Wildman–Crippen LogP) is 0.134. The lowest BCUT2D eigenvalue weighted by Gasteiger charge is -2.02. The van der Waals surface area contributed by atoms with Crippen molar-refractivity contribution in [3.05, 3.63) is 42.0 Å². The summed E-state index contributed by atoms with van der Waals surface area (Å²) in [4.78, 5) is 32.2. The SMILES string of the molecule is CC(=O)c1ccc(NC(=O)/C=C/C(=O)[O-])cc1. The van der Waals surface area contributed by atoms with E-state index in [2.05, 4.69) is 5.32 Å². The highest BCUT2D eigenvalue weighted by atomic mass is 16.4. The number of hydrogen-bond acceptors (Lipinski definition) is 4. The van der Waals surface area contributed by atoms with Crippen LogP contribution in [0.3, 0.4) is 0 Å². The van der Waals surface area contributed by atoms with Gasteiger partial charge in [-0.1, -0.05) is 0 Å². The first-order valence-corrected chi connectivity index (χ1v) is 4.80. The number of Topliss-reactive ketones (excluding diaryl/α,β-unsaturated/α-hetero) is 1. The molecule has 1 aromatic carbocycles. The Morgan fingerprint density at radius 1 is 1.12 bits per heavy atom. The van der Waals surface area contributed by atoms with Crippen LogP contribution in [0.25, 0.3) is 0 Å². The Morgan fingerprint density at radius 3 is 2.18 bits per heavy atom. The maximum atomic E-state index is 11.2. The van der Waals surface area contributed by atoms with Crippen molar-refractivity contribution in [1.29, 1.82) is 0 Å². The van der Waals surface area contributed by atoms with Gasteiger partial charge in [0.2, 0.25) is 5.91 Å². The lowest BCUT2D eigenvalue weighted by molar-refractivity contribution is -0.297. The highest BCUT2D eigenvalue weighted by Crippen LogP contribution is 2.09. The molecule has 5 nitrogen and oxygen atoms in total. The second-order valence-corrected chi connectivity index (χ2v) is 3.28. The zero-order valence-electron chi connectivity index (χ0n) is 9.10. The Bertz CT molecular complexity index is 474. The third-order valence-corrected chi connectivity index (χ3v) is 1.93. The number of benzene rings is 1. The molecule has 0 atom stereocenters. The van der Waals surface area contributed by atoms with Crippen LogP contribution in [0, 0.1) is 0 Å². The molecule has 0 heterocycles. The molecule has 0 saturated carbocycles. The van der Waals surface area contributed by atoms with E-state index in [-0.39, 0.29) is 5.78 Å². The van der Waals surface area contributed by atoms with Crippen molar-refractivity contribution < 1.29 is 19.5 Å². The van der Waals surface area contributed by atoms with Gasteiger partial charge in [0.05, 0.1) is 5.97 Å². The zero-order valence-corrected chi connectivity index (χ0v) is 9.10. The normalized spacial score (nSPS) is 10.2. The molecule has 0 aromatic heterocycles. The Kier molecular flexibility index (Phi) is 4.16. The summed E-state index contributed by atoms with van der Waals surface area (Å²) in [7, 11) is 0. The van der Waals surface area contributed by atoms with Gasteiger partial charge in [0, 0.05) is 17.3 Å². The summed E-state index contributed by atoms with van der Waals surface area (Å²) in [5, 5.41) is 12.5. The van der Waals surface area contributed by atoms with Gasteiger partial charge < -0.3 is 15.2 Å². The van der Waals surface area contributed by atoms with E-state index in [9.17, 15) is 19.5 Å². The van der Waals surface area contributed by atoms with Crippen molar-refractivity contribution >= 4 is 23.3 Å². The fourth-order valence-corrected chi connectivity index (χ4v) is 1.12. The van der Waals surface area contributed by atoms with E-state index < -0.39 is 11.9 Å². The average Bonchev–Trinajstić information content (AvgIpc) is 2.27. The number of ketones is 1. The maximum Gasteiger partial charge on any atom is 0.248 e. The van der Waals surface area contributed by atoms with Crippen LogP contribution in [0.5, 0.6) is 0 Å². The number of nitrogens with one attached hydrogen (secondary N) is 1. The molecule has 5 heteroatoms. The van der Waals surface area contributed by atoms with Gasteiger partial charge in [-0.05, 0) is 37.3 Å². The Balaban J connectivity index is 2.66. The van der Waals surface area contributed by atoms with Gasteiger partial charge in [-0.15, -0.1) is 0 Å². The zero-order chi connectivity index (χ0) is 12.8. The number of aliphatic carboxylic acids is 1. The Labute approximate surface area is 97.8 Å². The molecule has 0 spiro atoms. The van der Waals surface area contributed by atoms with Crippen LogP contribution in [0.1, 0.15) is 17.3 Å². The topological polar surface area (TPSA) is 86.3 Å². The Morgan fingerprint density at radius 2 is 1.71 bits per heavy atom. The summed E-state index contributed by atoms with van der Waals surface area (Å²) in [5.74, 6) is -2.09. The van der Waals surface area contributed by atoms with Gasteiger partial charge in [-0.25, -0.2) is 0 Å². The van der Waals surface area contributed by atoms with E-state index in [0.29, 0.717) is 17.3 Å². The lowest BCUT2D eigenvalue weighted by Crippen LogP contribution is -2.20. The molecule has 0 aliphatic carbocycles. The lowest BCUT2D eigenvalue weighted by atomic mass is 10.1. The van der Waals surface area contributed by atoms with E-state index in [1.807, 2.05) is 0 Å². The summed E-state index contributed by atoms with van der Waals surface area (Å²) in [6.45, 7) is 1.44. The number of carbonyl (C=O) groups is 3. The van der Waals surface area contributed by atoms with Crippen LogP contribution in [0.2, 0.25) is 0 Å². The first-order valence-electron chi connectivity index (χ1n) is 4.80. The second kappa shape index (κ2) is 5.60. The van der Waals surface area contributed by atoms with E-state index in [0.717, 1.165) is 6.08 Å². The van der Waals surface area contributed by atoms with Crippen LogP contribution in [-0.4, -0.2) is 17.7 Å². The van der Waals surface area contributed by atoms with Gasteiger partial charge >= 0.3 is 0 Å². The quantitative estimate of drug-likeness (QED) is 0.590. The number of hydrogen-bond donors (Lipinski definition) is 1. The van der Waals surface area contributed by atoms with Crippen molar-refractivity contribution in [2.75, 3.05) is 5.32 Å². The molecule has 0 unspecified atom stereocenters. The molecule has 0 bridgehead atoms. The van der Waals surface area contributed by atoms with Crippen LogP contribution in [-0.2, 0) is 9.59 Å². The second-order valence-electron chi connectivity index (χ2n) is 3.28. The number of carbonyl (C=O) groups excluding carboxylic acids is 3. The smallest absolute Gasteiger partial charge is 0.248 e. The molecule has 17 heavy (non-hydrogen) atoms. The van der Waals surface area contributed by atoms with Crippen LogP contribution >= 0.6 is 0 Å². The summed E-state index contributed by atoms with van der Waals surface area (Å²) >= 11 is 0. The minimum Gasteiger partial charge on any atom is -0.545 e. The van der Waals surface area contributed by atoms with E-state index in [1.54, 1.807) is 24.3 Å². The standard InChI is InChI=1S/C12H11NO4/c1-8(14)9-2-4-10(5-3-9)13-11(15)6-7-12(16)17/h2-7H,1H3,(H,13,15)(H,16,17)/p-1/b7-6+. The highest BCUT2D eigenvalue weighted by molar-refractivity contribution is 6.02. The number of amides is 1. The Hall–Kier alpha value is -2.43. The molecule has 0 aliphatic heterocycles. The average molecular weight is 232 g/mol. The van der Waals surface area contributed by atoms with Gasteiger partial charge in [0.1, 0.15) is 0 Å². The fourth-order valence-electron chi connectivity index (χ4n) is 1.12. The third-order valence-electron chi connectivity index (χ3n) is 1.93. The van der Waals surface area contributed by atoms with E-state index in [4.69, 9.17) is 0 Å². The molecule has 1 amide bonds. The van der Waals surface area contributed by atoms with E-state index in [1.165, 1.54) is 6.92 Å². The molecular weight excluding hydrogens is 222 g/mol. The van der Waals surface area contributed by atoms with Crippen LogP contribution < -0.4 is 10.4 Å². The van der Waals surface area contributed by atoms with Crippen molar-refractivity contribution in [2.24, 2.45) is 0 Å². The van der Waals surface area contributed by atoms with Crippen LogP contribution in [0.15, 0.2) is 36.4 Å². The summed E-state index contributed by atoms with van der Waals surface area (Å²) in [6, 6.07) is 6.25. The van der Waals surface area contributed by atoms with Crippen molar-refractivity contribution in [1.82, 2.24) is 0 Å². The fraction of sp³-hybridized carbons (Fsp3) is 0.0833. The third kappa shape index (κ3) is 4.29. The monoisotopic (exact) mass is 232 g/mol. The summed E-state index contributed by atoms with van der Waals surface area (Å²) < 4.78 is 0. The van der Waals surface area contributed by atoms with Gasteiger partial charge in [0.25, 0.3) is 0 Å². The summed E-state index contributed by atoms with van der Waals surface area (Å²) in [5.41, 5.74) is 1.01. The van der Waals surface area contributed by atoms with Crippen LogP contribution in [0.4, 0.5) is 5.69 Å². The maximum absolute atomic E-state index is 11.2.